The maximum absolute atomic E-state index is 12.2. The van der Waals surface area contributed by atoms with Gasteiger partial charge in [-0.25, -0.2) is 14.0 Å². The number of anilines is 3. The van der Waals surface area contributed by atoms with Crippen LogP contribution in [-0.4, -0.2) is 71.3 Å². The van der Waals surface area contributed by atoms with E-state index in [1.807, 2.05) is 37.3 Å². The van der Waals surface area contributed by atoms with Crippen LogP contribution in [0.15, 0.2) is 59.6 Å². The molecule has 2 heterocycles. The molecular weight excluding hydrogens is 476 g/mol. The molecule has 0 spiro atoms. The lowest BCUT2D eigenvalue weighted by molar-refractivity contribution is 0.0378. The number of rotatable bonds is 11. The number of ether oxygens (including phenoxy) is 2. The van der Waals surface area contributed by atoms with Gasteiger partial charge in [0, 0.05) is 48.2 Å². The average Bonchev–Trinajstić information content (AvgIpc) is 2.88. The summed E-state index contributed by atoms with van der Waals surface area (Å²) in [6.07, 6.45) is 4.19. The van der Waals surface area contributed by atoms with Crippen LogP contribution in [0, 0.1) is 4.78 Å². The number of hydrogen-bond donors (Lipinski definition) is 3. The summed E-state index contributed by atoms with van der Waals surface area (Å²) in [5.41, 5.74) is 2.57. The second-order valence-corrected chi connectivity index (χ2v) is 10.8. The van der Waals surface area contributed by atoms with Crippen molar-refractivity contribution in [2.45, 2.75) is 18.2 Å². The third-order valence-electron chi connectivity index (χ3n) is 5.85. The Kier molecular flexibility index (Phi) is 8.74. The molecule has 0 aliphatic carbocycles. The Morgan fingerprint density at radius 2 is 1.94 bits per heavy atom. The lowest BCUT2D eigenvalue weighted by Crippen LogP contribution is -2.37. The number of aromatic nitrogens is 2. The fraction of sp³-hybridized carbons (Fsp3) is 0.385. The first kappa shape index (κ1) is 25.9. The van der Waals surface area contributed by atoms with Gasteiger partial charge in [-0.15, -0.1) is 0 Å². The van der Waals surface area contributed by atoms with Crippen molar-refractivity contribution in [1.82, 2.24) is 14.9 Å². The SMILES string of the molecule is CCOc1ccc(-c2cnc(Nc3cccc(S(C)(=N)=O)c3)nc2NCCCN2CCOCC2)cc1. The van der Waals surface area contributed by atoms with E-state index in [2.05, 4.69) is 20.5 Å². The van der Waals surface area contributed by atoms with Crippen LogP contribution in [0.25, 0.3) is 11.1 Å². The number of morpholine rings is 1. The van der Waals surface area contributed by atoms with Crippen LogP contribution in [0.2, 0.25) is 0 Å². The third kappa shape index (κ3) is 7.16. The molecular formula is C26H34N6O3S. The summed E-state index contributed by atoms with van der Waals surface area (Å²) in [6.45, 7) is 7.89. The zero-order valence-electron chi connectivity index (χ0n) is 20.8. The van der Waals surface area contributed by atoms with Gasteiger partial charge in [-0.2, -0.15) is 4.98 Å². The van der Waals surface area contributed by atoms with Crippen LogP contribution in [0.3, 0.4) is 0 Å². The number of benzene rings is 2. The smallest absolute Gasteiger partial charge is 0.229 e. The molecule has 10 heteroatoms. The molecule has 1 aromatic heterocycles. The molecule has 192 valence electrons. The van der Waals surface area contributed by atoms with Crippen LogP contribution in [0.5, 0.6) is 5.75 Å². The van der Waals surface area contributed by atoms with Gasteiger partial charge in [0.2, 0.25) is 5.95 Å². The third-order valence-corrected chi connectivity index (χ3v) is 7.01. The molecule has 0 saturated carbocycles. The molecule has 3 N–H and O–H groups in total. The lowest BCUT2D eigenvalue weighted by Gasteiger charge is -2.26. The minimum Gasteiger partial charge on any atom is -0.494 e. The molecule has 1 atom stereocenters. The molecule has 1 saturated heterocycles. The summed E-state index contributed by atoms with van der Waals surface area (Å²) in [5.74, 6) is 1.97. The highest BCUT2D eigenvalue weighted by molar-refractivity contribution is 7.91. The van der Waals surface area contributed by atoms with Crippen molar-refractivity contribution in [2.75, 3.05) is 62.9 Å². The highest BCUT2D eigenvalue weighted by Gasteiger charge is 2.13. The largest absolute Gasteiger partial charge is 0.494 e. The second kappa shape index (κ2) is 12.2. The first-order chi connectivity index (χ1) is 17.4. The summed E-state index contributed by atoms with van der Waals surface area (Å²) >= 11 is 0. The van der Waals surface area contributed by atoms with Crippen LogP contribution < -0.4 is 15.4 Å². The quantitative estimate of drug-likeness (QED) is 0.324. The van der Waals surface area contributed by atoms with Gasteiger partial charge in [0.25, 0.3) is 0 Å². The highest BCUT2D eigenvalue weighted by atomic mass is 32.2. The predicted molar refractivity (Wildman–Crippen MR) is 144 cm³/mol. The molecule has 0 amide bonds. The molecule has 3 aromatic rings. The van der Waals surface area contributed by atoms with Gasteiger partial charge in [0.1, 0.15) is 11.6 Å². The Bertz CT molecular complexity index is 1240. The van der Waals surface area contributed by atoms with Gasteiger partial charge in [-0.1, -0.05) is 18.2 Å². The fourth-order valence-electron chi connectivity index (χ4n) is 3.96. The van der Waals surface area contributed by atoms with Crippen molar-refractivity contribution in [3.63, 3.8) is 0 Å². The molecule has 1 unspecified atom stereocenters. The molecule has 1 fully saturated rings. The molecule has 1 aliphatic rings. The Morgan fingerprint density at radius 3 is 2.67 bits per heavy atom. The van der Waals surface area contributed by atoms with E-state index in [1.54, 1.807) is 24.4 Å². The molecule has 2 aromatic carbocycles. The summed E-state index contributed by atoms with van der Waals surface area (Å²) in [6, 6.07) is 14.9. The first-order valence-corrected chi connectivity index (χ1v) is 14.1. The molecule has 36 heavy (non-hydrogen) atoms. The maximum Gasteiger partial charge on any atom is 0.229 e. The van der Waals surface area contributed by atoms with E-state index < -0.39 is 9.73 Å². The fourth-order valence-corrected chi connectivity index (χ4v) is 4.66. The number of hydrogen-bond acceptors (Lipinski definition) is 9. The highest BCUT2D eigenvalue weighted by Crippen LogP contribution is 2.29. The summed E-state index contributed by atoms with van der Waals surface area (Å²) < 4.78 is 31.0. The zero-order valence-corrected chi connectivity index (χ0v) is 21.6. The van der Waals surface area contributed by atoms with Crippen LogP contribution in [0.4, 0.5) is 17.5 Å². The Morgan fingerprint density at radius 1 is 1.17 bits per heavy atom. The monoisotopic (exact) mass is 510 g/mol. The summed E-state index contributed by atoms with van der Waals surface area (Å²) in [7, 11) is -2.82. The van der Waals surface area contributed by atoms with Crippen LogP contribution in [0.1, 0.15) is 13.3 Å². The minimum absolute atomic E-state index is 0.421. The standard InChI is InChI=1S/C26H34N6O3S/c1-3-35-22-10-8-20(9-11-22)24-19-29-26(30-21-6-4-7-23(18-21)36(2,27)33)31-25(24)28-12-5-13-32-14-16-34-17-15-32/h4,6-11,18-19,27H,3,5,12-17H2,1-2H3,(H2,28,29,30,31). The topological polar surface area (TPSA) is 112 Å². The Hall–Kier alpha value is -3.21. The molecule has 0 bridgehead atoms. The van der Waals surface area contributed by atoms with E-state index in [4.69, 9.17) is 19.2 Å². The average molecular weight is 511 g/mol. The second-order valence-electron chi connectivity index (χ2n) is 8.64. The summed E-state index contributed by atoms with van der Waals surface area (Å²) in [4.78, 5) is 12.2. The summed E-state index contributed by atoms with van der Waals surface area (Å²) in [5, 5.41) is 6.69. The minimum atomic E-state index is -2.82. The van der Waals surface area contributed by atoms with Crippen molar-refractivity contribution in [1.29, 1.82) is 4.78 Å². The van der Waals surface area contributed by atoms with E-state index in [0.29, 0.717) is 23.1 Å². The van der Waals surface area contributed by atoms with E-state index >= 15 is 0 Å². The number of nitrogens with one attached hydrogen (secondary N) is 3. The lowest BCUT2D eigenvalue weighted by atomic mass is 10.1. The van der Waals surface area contributed by atoms with Gasteiger partial charge in [-0.3, -0.25) is 4.90 Å². The van der Waals surface area contributed by atoms with Crippen molar-refractivity contribution >= 4 is 27.2 Å². The molecule has 1 aliphatic heterocycles. The molecule has 0 radical (unpaired) electrons. The molecule has 9 nitrogen and oxygen atoms in total. The van der Waals surface area contributed by atoms with E-state index in [9.17, 15) is 4.21 Å². The van der Waals surface area contributed by atoms with Crippen molar-refractivity contribution in [2.24, 2.45) is 0 Å². The van der Waals surface area contributed by atoms with Crippen LogP contribution in [-0.2, 0) is 14.5 Å². The zero-order chi connectivity index (χ0) is 25.4. The first-order valence-electron chi connectivity index (χ1n) is 12.2. The van der Waals surface area contributed by atoms with Gasteiger partial charge in [-0.05, 0) is 55.8 Å². The van der Waals surface area contributed by atoms with Gasteiger partial charge < -0.3 is 20.1 Å². The van der Waals surface area contributed by atoms with Crippen molar-refractivity contribution < 1.29 is 13.7 Å². The van der Waals surface area contributed by atoms with Crippen molar-refractivity contribution in [3.8, 4) is 16.9 Å². The molecule has 4 rings (SSSR count). The number of nitrogens with zero attached hydrogens (tertiary/aromatic N) is 3. The predicted octanol–water partition coefficient (Wildman–Crippen LogP) is 4.46. The van der Waals surface area contributed by atoms with Gasteiger partial charge in [0.05, 0.1) is 29.5 Å². The maximum atomic E-state index is 12.2. The Balaban J connectivity index is 1.53. The van der Waals surface area contributed by atoms with Crippen LogP contribution >= 0.6 is 0 Å². The Labute approximate surface area is 213 Å². The van der Waals surface area contributed by atoms with E-state index in [0.717, 1.165) is 68.5 Å². The van der Waals surface area contributed by atoms with Crippen molar-refractivity contribution in [3.05, 3.63) is 54.7 Å². The van der Waals surface area contributed by atoms with E-state index in [1.165, 1.54) is 6.26 Å². The van der Waals surface area contributed by atoms with E-state index in [-0.39, 0.29) is 0 Å². The normalized spacial score (nSPS) is 15.7. The van der Waals surface area contributed by atoms with Gasteiger partial charge >= 0.3 is 0 Å². The van der Waals surface area contributed by atoms with Gasteiger partial charge in [0.15, 0.2) is 0 Å².